The molecule has 11 heteroatoms. The predicted molar refractivity (Wildman–Crippen MR) is 82.9 cm³/mol. The third-order valence-electron chi connectivity index (χ3n) is 4.87. The molecule has 0 radical (unpaired) electrons. The van der Waals surface area contributed by atoms with Crippen molar-refractivity contribution in [2.45, 2.75) is 44.3 Å². The van der Waals surface area contributed by atoms with E-state index in [2.05, 4.69) is 14.7 Å². The number of sulfonamides is 1. The number of halogens is 3. The highest BCUT2D eigenvalue weighted by molar-refractivity contribution is 7.89. The fraction of sp³-hybridized carbons (Fsp3) is 0.786. The number of nitrogens with zero attached hydrogens (tertiary/aromatic N) is 3. The molecule has 0 saturated heterocycles. The number of aromatic nitrogens is 2. The van der Waals surface area contributed by atoms with Crippen LogP contribution in [0.3, 0.4) is 0 Å². The maximum absolute atomic E-state index is 12.6. The molecule has 2 aliphatic rings. The number of likely N-dealkylation sites (N-methyl/N-ethyl adjacent to an activating group) is 1. The van der Waals surface area contributed by atoms with Crippen LogP contribution in [0.4, 0.5) is 13.2 Å². The predicted octanol–water partition coefficient (Wildman–Crippen LogP) is 0.451. The molecule has 142 valence electrons. The zero-order valence-corrected chi connectivity index (χ0v) is 14.6. The molecule has 1 aliphatic carbocycles. The summed E-state index contributed by atoms with van der Waals surface area (Å²) in [6, 6.07) is 0. The average Bonchev–Trinajstić information content (AvgIpc) is 2.84. The molecule has 0 spiro atoms. The number of hydrogen-bond donors (Lipinski definition) is 2. The summed E-state index contributed by atoms with van der Waals surface area (Å²) < 4.78 is 66.2. The molecule has 1 aromatic heterocycles. The highest BCUT2D eigenvalue weighted by atomic mass is 32.2. The molecular formula is C14H21F3N4O3S. The first-order valence-electron chi connectivity index (χ1n) is 7.98. The van der Waals surface area contributed by atoms with E-state index in [-0.39, 0.29) is 6.54 Å². The van der Waals surface area contributed by atoms with Crippen molar-refractivity contribution in [3.05, 3.63) is 17.5 Å². The van der Waals surface area contributed by atoms with Crippen LogP contribution >= 0.6 is 0 Å². The van der Waals surface area contributed by atoms with Crippen LogP contribution in [-0.4, -0.2) is 59.3 Å². The Hall–Kier alpha value is -1.17. The van der Waals surface area contributed by atoms with Gasteiger partial charge in [0.2, 0.25) is 10.0 Å². The van der Waals surface area contributed by atoms with Crippen LogP contribution in [0.5, 0.6) is 0 Å². The largest absolute Gasteiger partial charge is 0.417 e. The van der Waals surface area contributed by atoms with Crippen LogP contribution in [0.2, 0.25) is 0 Å². The van der Waals surface area contributed by atoms with Gasteiger partial charge in [-0.3, -0.25) is 9.58 Å². The Balaban J connectivity index is 1.55. The summed E-state index contributed by atoms with van der Waals surface area (Å²) in [4.78, 5) is 2.10. The van der Waals surface area contributed by atoms with E-state index in [1.165, 1.54) is 0 Å². The summed E-state index contributed by atoms with van der Waals surface area (Å²) in [6.45, 7) is 2.32. The highest BCUT2D eigenvalue weighted by Crippen LogP contribution is 2.48. The lowest BCUT2D eigenvalue weighted by Crippen LogP contribution is -2.56. The standard InChI is InChI=1S/C14H21F3N4O3S/c1-20-2-3-21-12(8-20)11(6-18-21)7-19-25(23,24)9-10-4-13(22,5-10)14(15,16)17/h6,10,19,22H,2-5,7-9H2,1H3. The van der Waals surface area contributed by atoms with Crippen LogP contribution < -0.4 is 4.72 Å². The topological polar surface area (TPSA) is 87.5 Å². The molecule has 25 heavy (non-hydrogen) atoms. The molecule has 1 saturated carbocycles. The molecule has 0 atom stereocenters. The number of rotatable bonds is 5. The van der Waals surface area contributed by atoms with Crippen molar-refractivity contribution in [2.24, 2.45) is 5.92 Å². The maximum Gasteiger partial charge on any atom is 0.417 e. The van der Waals surface area contributed by atoms with E-state index in [0.717, 1.165) is 24.3 Å². The van der Waals surface area contributed by atoms with Gasteiger partial charge in [-0.15, -0.1) is 0 Å². The van der Waals surface area contributed by atoms with Crippen molar-refractivity contribution >= 4 is 10.0 Å². The minimum Gasteiger partial charge on any atom is -0.380 e. The van der Waals surface area contributed by atoms with Gasteiger partial charge in [0.15, 0.2) is 5.60 Å². The Bertz CT molecular complexity index is 741. The van der Waals surface area contributed by atoms with E-state index in [9.17, 15) is 26.7 Å². The summed E-state index contributed by atoms with van der Waals surface area (Å²) in [5, 5.41) is 13.6. The number of aliphatic hydroxyl groups is 1. The van der Waals surface area contributed by atoms with E-state index in [0.29, 0.717) is 6.54 Å². The number of nitrogens with one attached hydrogen (secondary N) is 1. The van der Waals surface area contributed by atoms with E-state index in [1.807, 2.05) is 11.7 Å². The molecule has 0 amide bonds. The zero-order valence-electron chi connectivity index (χ0n) is 13.8. The first kappa shape index (κ1) is 18.6. The molecule has 3 rings (SSSR count). The van der Waals surface area contributed by atoms with Gasteiger partial charge in [-0.05, 0) is 25.8 Å². The average molecular weight is 382 g/mol. The van der Waals surface area contributed by atoms with E-state index < -0.39 is 46.3 Å². The zero-order chi connectivity index (χ0) is 18.5. The lowest BCUT2D eigenvalue weighted by Gasteiger charge is -2.44. The molecule has 7 nitrogen and oxygen atoms in total. The van der Waals surface area contributed by atoms with Crippen molar-refractivity contribution in [3.8, 4) is 0 Å². The molecule has 1 aliphatic heterocycles. The molecular weight excluding hydrogens is 361 g/mol. The van der Waals surface area contributed by atoms with Crippen LogP contribution in [0.1, 0.15) is 24.1 Å². The lowest BCUT2D eigenvalue weighted by molar-refractivity contribution is -0.296. The van der Waals surface area contributed by atoms with Crippen molar-refractivity contribution in [2.75, 3.05) is 19.3 Å². The summed E-state index contributed by atoms with van der Waals surface area (Å²) in [5.41, 5.74) is -1.05. The van der Waals surface area contributed by atoms with Gasteiger partial charge in [0, 0.05) is 25.2 Å². The Kier molecular flexibility index (Phi) is 4.63. The monoisotopic (exact) mass is 382 g/mol. The Labute approximate surface area is 143 Å². The highest BCUT2D eigenvalue weighted by Gasteiger charge is 2.61. The Morgan fingerprint density at radius 1 is 1.40 bits per heavy atom. The molecule has 2 heterocycles. The normalized spacial score (nSPS) is 27.8. The third kappa shape index (κ3) is 3.83. The van der Waals surface area contributed by atoms with Gasteiger partial charge >= 0.3 is 6.18 Å². The SMILES string of the molecule is CN1CCn2ncc(CNS(=O)(=O)CC3CC(O)(C(F)(F)F)C3)c2C1. The summed E-state index contributed by atoms with van der Waals surface area (Å²) in [5.74, 6) is -1.12. The second-order valence-electron chi connectivity index (χ2n) is 6.98. The minimum absolute atomic E-state index is 0.0573. The number of fused-ring (bicyclic) bond motifs is 1. The van der Waals surface area contributed by atoms with E-state index in [1.54, 1.807) is 6.20 Å². The lowest BCUT2D eigenvalue weighted by atomic mass is 9.71. The van der Waals surface area contributed by atoms with Crippen LogP contribution in [0.15, 0.2) is 6.20 Å². The van der Waals surface area contributed by atoms with Crippen LogP contribution in [0.25, 0.3) is 0 Å². The minimum atomic E-state index is -4.72. The molecule has 0 unspecified atom stereocenters. The van der Waals surface area contributed by atoms with Gasteiger partial charge < -0.3 is 5.11 Å². The maximum atomic E-state index is 12.6. The van der Waals surface area contributed by atoms with Crippen LogP contribution in [0, 0.1) is 5.92 Å². The first-order valence-corrected chi connectivity index (χ1v) is 9.63. The molecule has 1 aromatic rings. The third-order valence-corrected chi connectivity index (χ3v) is 6.36. The first-order chi connectivity index (χ1) is 11.5. The van der Waals surface area contributed by atoms with Gasteiger partial charge in [0.05, 0.1) is 24.2 Å². The van der Waals surface area contributed by atoms with Gasteiger partial charge in [0.25, 0.3) is 0 Å². The van der Waals surface area contributed by atoms with Crippen molar-refractivity contribution < 1.29 is 26.7 Å². The van der Waals surface area contributed by atoms with E-state index >= 15 is 0 Å². The van der Waals surface area contributed by atoms with Gasteiger partial charge in [0.1, 0.15) is 0 Å². The molecule has 2 N–H and O–H groups in total. The summed E-state index contributed by atoms with van der Waals surface area (Å²) >= 11 is 0. The van der Waals surface area contributed by atoms with Crippen LogP contribution in [-0.2, 0) is 29.7 Å². The van der Waals surface area contributed by atoms with E-state index in [4.69, 9.17) is 0 Å². The quantitative estimate of drug-likeness (QED) is 0.772. The number of alkyl halides is 3. The fourth-order valence-corrected chi connectivity index (χ4v) is 4.72. The smallest absolute Gasteiger partial charge is 0.380 e. The van der Waals surface area contributed by atoms with Gasteiger partial charge in [-0.2, -0.15) is 18.3 Å². The molecule has 1 fully saturated rings. The summed E-state index contributed by atoms with van der Waals surface area (Å²) in [6.07, 6.45) is -4.26. The fourth-order valence-electron chi connectivity index (χ4n) is 3.37. The second-order valence-corrected chi connectivity index (χ2v) is 8.84. The molecule has 0 bridgehead atoms. The number of hydrogen-bond acceptors (Lipinski definition) is 5. The Morgan fingerprint density at radius 3 is 2.72 bits per heavy atom. The van der Waals surface area contributed by atoms with Crippen molar-refractivity contribution in [3.63, 3.8) is 0 Å². The Morgan fingerprint density at radius 2 is 2.08 bits per heavy atom. The van der Waals surface area contributed by atoms with Crippen molar-refractivity contribution in [1.29, 1.82) is 0 Å². The summed E-state index contributed by atoms with van der Waals surface area (Å²) in [7, 11) is -1.77. The van der Waals surface area contributed by atoms with Gasteiger partial charge in [-0.25, -0.2) is 13.1 Å². The molecule has 0 aromatic carbocycles. The van der Waals surface area contributed by atoms with Crippen molar-refractivity contribution in [1.82, 2.24) is 19.4 Å². The van der Waals surface area contributed by atoms with Gasteiger partial charge in [-0.1, -0.05) is 0 Å². The second kappa shape index (κ2) is 6.22.